The summed E-state index contributed by atoms with van der Waals surface area (Å²) in [7, 11) is -4.07. The van der Waals surface area contributed by atoms with Crippen molar-refractivity contribution in [2.45, 2.75) is 10.6 Å². The van der Waals surface area contributed by atoms with Crippen LogP contribution in [0.2, 0.25) is 10.0 Å². The minimum atomic E-state index is -4.07. The van der Waals surface area contributed by atoms with E-state index in [0.717, 1.165) is 6.07 Å². The van der Waals surface area contributed by atoms with E-state index in [1.807, 2.05) is 0 Å². The first kappa shape index (κ1) is 17.3. The van der Waals surface area contributed by atoms with Crippen molar-refractivity contribution in [3.05, 3.63) is 56.1 Å². The Morgan fingerprint density at radius 1 is 1.17 bits per heavy atom. The molecule has 10 heteroatoms. The third kappa shape index (κ3) is 3.49. The van der Waals surface area contributed by atoms with E-state index >= 15 is 0 Å². The van der Waals surface area contributed by atoms with Crippen molar-refractivity contribution in [3.63, 3.8) is 0 Å². The van der Waals surface area contributed by atoms with Gasteiger partial charge in [0.25, 0.3) is 0 Å². The second-order valence-corrected chi connectivity index (χ2v) is 7.31. The van der Waals surface area contributed by atoms with Crippen LogP contribution in [0.5, 0.6) is 11.5 Å². The number of aromatic hydroxyl groups is 2. The molecule has 0 aromatic heterocycles. The van der Waals surface area contributed by atoms with Crippen LogP contribution in [0.15, 0.2) is 35.2 Å². The number of rotatable bonds is 4. The first-order chi connectivity index (χ1) is 10.6. The molecule has 0 saturated carbocycles. The van der Waals surface area contributed by atoms with Gasteiger partial charge in [-0.05, 0) is 11.6 Å². The molecule has 23 heavy (non-hydrogen) atoms. The number of benzene rings is 2. The number of phenols is 2. The Labute approximate surface area is 140 Å². The molecular weight excluding hydrogens is 369 g/mol. The predicted octanol–water partition coefficient (Wildman–Crippen LogP) is 3.29. The van der Waals surface area contributed by atoms with Crippen molar-refractivity contribution in [3.8, 4) is 11.5 Å². The molecule has 0 radical (unpaired) electrons. The van der Waals surface area contributed by atoms with E-state index in [-0.39, 0.29) is 15.6 Å². The average molecular weight is 378 g/mol. The summed E-state index contributed by atoms with van der Waals surface area (Å²) in [5.41, 5.74) is -0.713. The van der Waals surface area contributed by atoms with Gasteiger partial charge in [-0.1, -0.05) is 35.3 Å². The van der Waals surface area contributed by atoms with Gasteiger partial charge in [-0.15, -0.1) is 0 Å². The number of nitro groups is 1. The lowest BCUT2D eigenvalue weighted by Crippen LogP contribution is -2.06. The number of hydrogen-bond donors (Lipinski definition) is 2. The van der Waals surface area contributed by atoms with Gasteiger partial charge in [0.15, 0.2) is 15.6 Å². The number of sulfone groups is 1. The lowest BCUT2D eigenvalue weighted by atomic mass is 10.2. The summed E-state index contributed by atoms with van der Waals surface area (Å²) in [6, 6.07) is 5.84. The summed E-state index contributed by atoms with van der Waals surface area (Å²) in [5.74, 6) is -2.49. The summed E-state index contributed by atoms with van der Waals surface area (Å²) in [6.45, 7) is 0. The molecule has 0 saturated heterocycles. The summed E-state index contributed by atoms with van der Waals surface area (Å²) >= 11 is 11.7. The van der Waals surface area contributed by atoms with Gasteiger partial charge in [-0.2, -0.15) is 0 Å². The SMILES string of the molecule is O=[N+]([O-])c1cc(S(=O)(=O)Cc2cccc(Cl)c2Cl)cc(O)c1O. The second-order valence-electron chi connectivity index (χ2n) is 4.54. The van der Waals surface area contributed by atoms with E-state index in [0.29, 0.717) is 6.07 Å². The van der Waals surface area contributed by atoms with Crippen molar-refractivity contribution in [1.29, 1.82) is 0 Å². The van der Waals surface area contributed by atoms with Gasteiger partial charge in [-0.3, -0.25) is 10.1 Å². The summed E-state index contributed by atoms with van der Waals surface area (Å²) in [6.07, 6.45) is 0. The molecule has 0 amide bonds. The first-order valence-corrected chi connectivity index (χ1v) is 8.40. The van der Waals surface area contributed by atoms with E-state index in [4.69, 9.17) is 23.2 Å². The van der Waals surface area contributed by atoms with Gasteiger partial charge in [0, 0.05) is 12.1 Å². The fourth-order valence-corrected chi connectivity index (χ4v) is 3.71. The molecule has 0 spiro atoms. The van der Waals surface area contributed by atoms with E-state index in [2.05, 4.69) is 0 Å². The van der Waals surface area contributed by atoms with E-state index in [1.54, 1.807) is 0 Å². The molecule has 0 aliphatic rings. The molecule has 0 atom stereocenters. The Bertz CT molecular complexity index is 898. The highest BCUT2D eigenvalue weighted by molar-refractivity contribution is 7.90. The standard InChI is InChI=1S/C13H9Cl2NO6S/c14-9-3-1-2-7(12(9)15)6-23(21,22)8-4-10(16(19)20)13(18)11(17)5-8/h1-5,17-18H,6H2. The highest BCUT2D eigenvalue weighted by Gasteiger charge is 2.26. The van der Waals surface area contributed by atoms with Gasteiger partial charge in [0.05, 0.1) is 25.6 Å². The monoisotopic (exact) mass is 377 g/mol. The largest absolute Gasteiger partial charge is 0.504 e. The van der Waals surface area contributed by atoms with Gasteiger partial charge in [0.1, 0.15) is 0 Å². The lowest BCUT2D eigenvalue weighted by Gasteiger charge is -2.08. The minimum absolute atomic E-state index is 0.0511. The number of nitrogens with zero attached hydrogens (tertiary/aromatic N) is 1. The fraction of sp³-hybridized carbons (Fsp3) is 0.0769. The molecule has 7 nitrogen and oxygen atoms in total. The van der Waals surface area contributed by atoms with Crippen molar-refractivity contribution in [2.75, 3.05) is 0 Å². The minimum Gasteiger partial charge on any atom is -0.504 e. The van der Waals surface area contributed by atoms with Gasteiger partial charge in [-0.25, -0.2) is 8.42 Å². The lowest BCUT2D eigenvalue weighted by molar-refractivity contribution is -0.386. The third-order valence-electron chi connectivity index (χ3n) is 2.98. The Morgan fingerprint density at radius 3 is 2.43 bits per heavy atom. The van der Waals surface area contributed by atoms with Crippen LogP contribution in [0.1, 0.15) is 5.56 Å². The fourth-order valence-electron chi connectivity index (χ4n) is 1.85. The van der Waals surface area contributed by atoms with Crippen LogP contribution in [0.3, 0.4) is 0 Å². The zero-order valence-corrected chi connectivity index (χ0v) is 13.6. The average Bonchev–Trinajstić information content (AvgIpc) is 2.46. The second kappa shape index (κ2) is 6.23. The molecule has 0 heterocycles. The summed E-state index contributed by atoms with van der Waals surface area (Å²) < 4.78 is 24.8. The van der Waals surface area contributed by atoms with Crippen LogP contribution in [0.25, 0.3) is 0 Å². The number of halogens is 2. The normalized spacial score (nSPS) is 11.4. The molecule has 2 aromatic carbocycles. The summed E-state index contributed by atoms with van der Waals surface area (Å²) in [4.78, 5) is 9.29. The van der Waals surface area contributed by atoms with Crippen LogP contribution in [0.4, 0.5) is 5.69 Å². The van der Waals surface area contributed by atoms with E-state index in [1.165, 1.54) is 18.2 Å². The Hall–Kier alpha value is -2.03. The smallest absolute Gasteiger partial charge is 0.315 e. The maximum Gasteiger partial charge on any atom is 0.315 e. The van der Waals surface area contributed by atoms with Crippen LogP contribution in [0, 0.1) is 10.1 Å². The molecule has 0 aliphatic carbocycles. The quantitative estimate of drug-likeness (QED) is 0.479. The van der Waals surface area contributed by atoms with Crippen LogP contribution in [-0.4, -0.2) is 23.6 Å². The molecular formula is C13H9Cl2NO6S. The molecule has 2 N–H and O–H groups in total. The Balaban J connectivity index is 2.52. The van der Waals surface area contributed by atoms with Gasteiger partial charge >= 0.3 is 5.69 Å². The molecule has 0 aliphatic heterocycles. The molecule has 2 aromatic rings. The molecule has 122 valence electrons. The summed E-state index contributed by atoms with van der Waals surface area (Å²) in [5, 5.41) is 29.9. The van der Waals surface area contributed by atoms with Crippen LogP contribution >= 0.6 is 23.2 Å². The van der Waals surface area contributed by atoms with Crippen LogP contribution in [-0.2, 0) is 15.6 Å². The maximum absolute atomic E-state index is 12.4. The molecule has 2 rings (SSSR count). The Morgan fingerprint density at radius 2 is 1.83 bits per heavy atom. The van der Waals surface area contributed by atoms with Crippen molar-refractivity contribution < 1.29 is 23.6 Å². The maximum atomic E-state index is 12.4. The van der Waals surface area contributed by atoms with E-state index in [9.17, 15) is 28.7 Å². The van der Waals surface area contributed by atoms with Crippen molar-refractivity contribution >= 4 is 38.7 Å². The van der Waals surface area contributed by atoms with Crippen molar-refractivity contribution in [1.82, 2.24) is 0 Å². The van der Waals surface area contributed by atoms with Crippen molar-refractivity contribution in [2.24, 2.45) is 0 Å². The van der Waals surface area contributed by atoms with Gasteiger partial charge < -0.3 is 10.2 Å². The number of nitro benzene ring substituents is 1. The zero-order valence-electron chi connectivity index (χ0n) is 11.2. The van der Waals surface area contributed by atoms with E-state index < -0.39 is 42.6 Å². The number of hydrogen-bond acceptors (Lipinski definition) is 6. The van der Waals surface area contributed by atoms with Gasteiger partial charge in [0.2, 0.25) is 5.75 Å². The first-order valence-electron chi connectivity index (χ1n) is 5.99. The molecule has 0 fully saturated rings. The topological polar surface area (TPSA) is 118 Å². The molecule has 0 unspecified atom stereocenters. The number of phenolic OH excluding ortho intramolecular Hbond substituents is 2. The molecule has 0 bridgehead atoms. The predicted molar refractivity (Wildman–Crippen MR) is 83.8 cm³/mol. The third-order valence-corrected chi connectivity index (χ3v) is 5.48. The Kier molecular flexibility index (Phi) is 4.69. The highest BCUT2D eigenvalue weighted by atomic mass is 35.5. The highest BCUT2D eigenvalue weighted by Crippen LogP contribution is 2.38. The van der Waals surface area contributed by atoms with Crippen LogP contribution < -0.4 is 0 Å². The zero-order chi connectivity index (χ0) is 17.4.